The minimum absolute atomic E-state index is 0.152. The predicted molar refractivity (Wildman–Crippen MR) is 89.7 cm³/mol. The van der Waals surface area contributed by atoms with Gasteiger partial charge in [-0.3, -0.25) is 4.79 Å². The zero-order valence-electron chi connectivity index (χ0n) is 12.5. The lowest BCUT2D eigenvalue weighted by Gasteiger charge is -2.12. The Morgan fingerprint density at radius 1 is 1.13 bits per heavy atom. The smallest absolute Gasteiger partial charge is 0.244 e. The number of benzene rings is 2. The van der Waals surface area contributed by atoms with E-state index >= 15 is 0 Å². The Kier molecular flexibility index (Phi) is 4.54. The van der Waals surface area contributed by atoms with Gasteiger partial charge in [-0.05, 0) is 40.6 Å². The van der Waals surface area contributed by atoms with E-state index in [-0.39, 0.29) is 12.5 Å². The fraction of sp³-hybridized carbons (Fsp3) is 0.105. The summed E-state index contributed by atoms with van der Waals surface area (Å²) in [5.74, 6) is 0.330. The number of rotatable bonds is 5. The van der Waals surface area contributed by atoms with Crippen LogP contribution in [-0.4, -0.2) is 17.6 Å². The van der Waals surface area contributed by atoms with Gasteiger partial charge in [-0.25, -0.2) is 0 Å². The van der Waals surface area contributed by atoms with Crippen molar-refractivity contribution < 1.29 is 14.3 Å². The third kappa shape index (κ3) is 3.87. The van der Waals surface area contributed by atoms with Gasteiger partial charge in [0.15, 0.2) is 0 Å². The number of nitrogens with one attached hydrogen (secondary N) is 1. The van der Waals surface area contributed by atoms with Crippen molar-refractivity contribution in [3.8, 4) is 0 Å². The van der Waals surface area contributed by atoms with Crippen LogP contribution in [0.2, 0.25) is 0 Å². The Bertz CT molecular complexity index is 822. The van der Waals surface area contributed by atoms with Gasteiger partial charge in [0.25, 0.3) is 0 Å². The first-order valence-electron chi connectivity index (χ1n) is 7.38. The molecule has 0 fully saturated rings. The van der Waals surface area contributed by atoms with Crippen LogP contribution in [0.25, 0.3) is 16.8 Å². The van der Waals surface area contributed by atoms with Crippen LogP contribution < -0.4 is 5.32 Å². The molecule has 0 aliphatic heterocycles. The Morgan fingerprint density at radius 2 is 1.96 bits per heavy atom. The number of furan rings is 1. The van der Waals surface area contributed by atoms with Crippen molar-refractivity contribution >= 4 is 22.8 Å². The van der Waals surface area contributed by atoms with Crippen molar-refractivity contribution in [2.75, 3.05) is 6.54 Å². The van der Waals surface area contributed by atoms with Gasteiger partial charge in [0.05, 0.1) is 12.4 Å². The van der Waals surface area contributed by atoms with Crippen molar-refractivity contribution in [2.24, 2.45) is 0 Å². The monoisotopic (exact) mass is 307 g/mol. The normalized spacial score (nSPS) is 12.6. The molecule has 0 bridgehead atoms. The average molecular weight is 307 g/mol. The molecular weight excluding hydrogens is 290 g/mol. The van der Waals surface area contributed by atoms with E-state index < -0.39 is 6.10 Å². The minimum atomic E-state index is -0.749. The van der Waals surface area contributed by atoms with E-state index in [9.17, 15) is 9.90 Å². The molecule has 0 saturated heterocycles. The maximum absolute atomic E-state index is 11.7. The first kappa shape index (κ1) is 15.1. The molecule has 2 aromatic carbocycles. The molecule has 0 spiro atoms. The van der Waals surface area contributed by atoms with Gasteiger partial charge in [-0.2, -0.15) is 0 Å². The van der Waals surface area contributed by atoms with E-state index in [1.807, 2.05) is 42.5 Å². The Balaban J connectivity index is 1.59. The van der Waals surface area contributed by atoms with Crippen LogP contribution in [0.4, 0.5) is 0 Å². The molecule has 1 amide bonds. The highest BCUT2D eigenvalue weighted by Gasteiger charge is 2.09. The van der Waals surface area contributed by atoms with E-state index in [1.54, 1.807) is 24.5 Å². The lowest BCUT2D eigenvalue weighted by atomic mass is 10.0. The van der Waals surface area contributed by atoms with Crippen molar-refractivity contribution in [2.45, 2.75) is 6.10 Å². The number of aliphatic hydroxyl groups is 1. The summed E-state index contributed by atoms with van der Waals surface area (Å²) >= 11 is 0. The van der Waals surface area contributed by atoms with E-state index in [2.05, 4.69) is 5.32 Å². The highest BCUT2D eigenvalue weighted by Crippen LogP contribution is 2.20. The topological polar surface area (TPSA) is 62.5 Å². The predicted octanol–water partition coefficient (Wildman–Crippen LogP) is 3.30. The second-order valence-electron chi connectivity index (χ2n) is 5.22. The fourth-order valence-electron chi connectivity index (χ4n) is 2.33. The number of carbonyl (C=O) groups excluding carboxylic acids is 1. The van der Waals surface area contributed by atoms with Gasteiger partial charge in [0, 0.05) is 12.6 Å². The summed E-state index contributed by atoms with van der Waals surface area (Å²) in [7, 11) is 0. The minimum Gasteiger partial charge on any atom is -0.465 e. The number of hydrogen-bond acceptors (Lipinski definition) is 3. The van der Waals surface area contributed by atoms with Crippen LogP contribution >= 0.6 is 0 Å². The van der Waals surface area contributed by atoms with Crippen LogP contribution in [0.15, 0.2) is 71.4 Å². The lowest BCUT2D eigenvalue weighted by molar-refractivity contribution is -0.116. The first-order valence-corrected chi connectivity index (χ1v) is 7.38. The number of carbonyl (C=O) groups is 1. The Morgan fingerprint density at radius 3 is 2.74 bits per heavy atom. The quantitative estimate of drug-likeness (QED) is 0.711. The summed E-state index contributed by atoms with van der Waals surface area (Å²) in [6, 6.07) is 17.2. The third-order valence-corrected chi connectivity index (χ3v) is 3.57. The lowest BCUT2D eigenvalue weighted by Crippen LogP contribution is -2.26. The summed E-state index contributed by atoms with van der Waals surface area (Å²) < 4.78 is 5.10. The second-order valence-corrected chi connectivity index (χ2v) is 5.22. The van der Waals surface area contributed by atoms with Crippen molar-refractivity contribution in [1.29, 1.82) is 0 Å². The van der Waals surface area contributed by atoms with Crippen LogP contribution in [-0.2, 0) is 4.79 Å². The second kappa shape index (κ2) is 6.94. The molecule has 1 heterocycles. The standard InChI is InChI=1S/C19H17NO3/c21-18(13-20-19(22)10-9-17-6-3-11-23-17)16-8-7-14-4-1-2-5-15(14)12-16/h1-12,18,21H,13H2,(H,20,22)/b10-9+. The van der Waals surface area contributed by atoms with Crippen molar-refractivity contribution in [3.05, 3.63) is 78.3 Å². The fourth-order valence-corrected chi connectivity index (χ4v) is 2.33. The molecular formula is C19H17NO3. The van der Waals surface area contributed by atoms with Crippen LogP contribution in [0.3, 0.4) is 0 Å². The summed E-state index contributed by atoms with van der Waals surface area (Å²) in [5, 5.41) is 15.1. The molecule has 3 rings (SSSR count). The largest absolute Gasteiger partial charge is 0.465 e. The van der Waals surface area contributed by atoms with Gasteiger partial charge < -0.3 is 14.8 Å². The van der Waals surface area contributed by atoms with Gasteiger partial charge >= 0.3 is 0 Å². The summed E-state index contributed by atoms with van der Waals surface area (Å²) in [6.07, 6.45) is 3.76. The number of amides is 1. The number of hydrogen-bond donors (Lipinski definition) is 2. The van der Waals surface area contributed by atoms with Crippen molar-refractivity contribution in [1.82, 2.24) is 5.32 Å². The highest BCUT2D eigenvalue weighted by molar-refractivity contribution is 5.91. The van der Waals surface area contributed by atoms with Crippen molar-refractivity contribution in [3.63, 3.8) is 0 Å². The van der Waals surface area contributed by atoms with Gasteiger partial charge in [0.1, 0.15) is 5.76 Å². The highest BCUT2D eigenvalue weighted by atomic mass is 16.3. The molecule has 0 aliphatic carbocycles. The molecule has 0 radical (unpaired) electrons. The average Bonchev–Trinajstić information content (AvgIpc) is 3.11. The zero-order chi connectivity index (χ0) is 16.1. The van der Waals surface area contributed by atoms with Crippen LogP contribution in [0.1, 0.15) is 17.4 Å². The Hall–Kier alpha value is -2.85. The zero-order valence-corrected chi connectivity index (χ0v) is 12.5. The maximum atomic E-state index is 11.7. The molecule has 23 heavy (non-hydrogen) atoms. The third-order valence-electron chi connectivity index (χ3n) is 3.57. The summed E-state index contributed by atoms with van der Waals surface area (Å²) in [6.45, 7) is 0.152. The molecule has 0 saturated carbocycles. The van der Waals surface area contributed by atoms with Crippen LogP contribution in [0, 0.1) is 0 Å². The van der Waals surface area contributed by atoms with E-state index in [0.717, 1.165) is 16.3 Å². The molecule has 0 aliphatic rings. The Labute approximate surface area is 134 Å². The summed E-state index contributed by atoms with van der Waals surface area (Å²) in [4.78, 5) is 11.7. The number of fused-ring (bicyclic) bond motifs is 1. The van der Waals surface area contributed by atoms with Gasteiger partial charge in [-0.1, -0.05) is 36.4 Å². The maximum Gasteiger partial charge on any atom is 0.244 e. The first-order chi connectivity index (χ1) is 11.2. The molecule has 2 N–H and O–H groups in total. The molecule has 1 atom stereocenters. The van der Waals surface area contributed by atoms with Gasteiger partial charge in [0.2, 0.25) is 5.91 Å². The molecule has 1 unspecified atom stereocenters. The molecule has 4 heteroatoms. The van der Waals surface area contributed by atoms with E-state index in [1.165, 1.54) is 6.08 Å². The summed E-state index contributed by atoms with van der Waals surface area (Å²) in [5.41, 5.74) is 0.777. The van der Waals surface area contributed by atoms with E-state index in [0.29, 0.717) is 5.76 Å². The van der Waals surface area contributed by atoms with Crippen LogP contribution in [0.5, 0.6) is 0 Å². The van der Waals surface area contributed by atoms with E-state index in [4.69, 9.17) is 4.42 Å². The molecule has 3 aromatic rings. The number of aliphatic hydroxyl groups excluding tert-OH is 1. The molecule has 116 valence electrons. The molecule has 4 nitrogen and oxygen atoms in total. The van der Waals surface area contributed by atoms with Gasteiger partial charge in [-0.15, -0.1) is 0 Å². The molecule has 1 aromatic heterocycles. The SMILES string of the molecule is O=C(/C=C/c1ccco1)NCC(O)c1ccc2ccccc2c1.